The third kappa shape index (κ3) is 2.92. The summed E-state index contributed by atoms with van der Waals surface area (Å²) in [5.41, 5.74) is 1.15. The van der Waals surface area contributed by atoms with Gasteiger partial charge >= 0.3 is 6.18 Å². The van der Waals surface area contributed by atoms with Crippen LogP contribution < -0.4 is 5.32 Å². The summed E-state index contributed by atoms with van der Waals surface area (Å²) in [7, 11) is 0. The van der Waals surface area contributed by atoms with Gasteiger partial charge in [0.1, 0.15) is 0 Å². The number of alkyl halides is 3. The number of aromatic nitrogens is 2. The van der Waals surface area contributed by atoms with E-state index in [1.165, 1.54) is 6.07 Å². The predicted molar refractivity (Wildman–Crippen MR) is 84.9 cm³/mol. The molecule has 2 aromatic rings. The first-order valence-electron chi connectivity index (χ1n) is 8.38. The van der Waals surface area contributed by atoms with E-state index in [-0.39, 0.29) is 11.9 Å². The number of hydrogen-bond acceptors (Lipinski definition) is 2. The Morgan fingerprint density at radius 1 is 1.32 bits per heavy atom. The minimum absolute atomic E-state index is 0.000809. The second kappa shape index (κ2) is 5.61. The van der Waals surface area contributed by atoms with E-state index >= 15 is 0 Å². The molecule has 2 aliphatic rings. The number of rotatable bonds is 3. The van der Waals surface area contributed by atoms with Gasteiger partial charge < -0.3 is 5.32 Å². The lowest BCUT2D eigenvalue weighted by Gasteiger charge is -2.26. The zero-order valence-corrected chi connectivity index (χ0v) is 13.5. The minimum atomic E-state index is -4.40. The van der Waals surface area contributed by atoms with Crippen LogP contribution in [-0.4, -0.2) is 22.1 Å². The molecule has 1 aromatic heterocycles. The molecule has 0 saturated heterocycles. The first-order valence-corrected chi connectivity index (χ1v) is 8.38. The van der Waals surface area contributed by atoms with Crippen LogP contribution in [0.5, 0.6) is 0 Å². The number of fused-ring (bicyclic) bond motifs is 1. The lowest BCUT2D eigenvalue weighted by atomic mass is 9.90. The monoisotopic (exact) mass is 349 g/mol. The number of carbonyl (C=O) groups excluding carboxylic acids is 1. The van der Waals surface area contributed by atoms with Crippen molar-refractivity contribution in [1.82, 2.24) is 15.5 Å². The lowest BCUT2D eigenvalue weighted by Crippen LogP contribution is -2.44. The molecule has 2 aliphatic carbocycles. The normalized spacial score (nSPS) is 21.5. The highest BCUT2D eigenvalue weighted by Gasteiger charge is 2.52. The highest BCUT2D eigenvalue weighted by molar-refractivity contribution is 5.91. The maximum atomic E-state index is 13.0. The van der Waals surface area contributed by atoms with Gasteiger partial charge in [0.2, 0.25) is 5.91 Å². The highest BCUT2D eigenvalue weighted by Crippen LogP contribution is 2.49. The molecule has 0 unspecified atom stereocenters. The quantitative estimate of drug-likeness (QED) is 0.894. The summed E-state index contributed by atoms with van der Waals surface area (Å²) < 4.78 is 38.9. The van der Waals surface area contributed by atoms with Gasteiger partial charge in [-0.15, -0.1) is 0 Å². The average molecular weight is 349 g/mol. The van der Waals surface area contributed by atoms with Crippen molar-refractivity contribution in [3.05, 3.63) is 52.8 Å². The fourth-order valence-electron chi connectivity index (χ4n) is 3.63. The van der Waals surface area contributed by atoms with Crippen molar-refractivity contribution < 1.29 is 18.0 Å². The average Bonchev–Trinajstić information content (AvgIpc) is 3.27. The molecular weight excluding hydrogens is 331 g/mol. The number of hydrogen-bond donors (Lipinski definition) is 2. The van der Waals surface area contributed by atoms with Gasteiger partial charge in [-0.3, -0.25) is 9.89 Å². The molecule has 0 aliphatic heterocycles. The predicted octanol–water partition coefficient (Wildman–Crippen LogP) is 3.13. The van der Waals surface area contributed by atoms with Gasteiger partial charge in [-0.05, 0) is 49.3 Å². The topological polar surface area (TPSA) is 57.8 Å². The smallest absolute Gasteiger partial charge is 0.352 e. The second-order valence-electron chi connectivity index (χ2n) is 6.95. The molecule has 1 heterocycles. The standard InChI is InChI=1S/C18H18F3N3O/c19-18(20,21)13-3-1-2-12(9-13)17(6-7-17)16(25)23-14-4-5-15-11(8-14)10-22-24-15/h1-3,9-10,14H,4-8H2,(H,22,24)(H,23,25)/t14-/m1/s1. The molecular formula is C18H18F3N3O. The number of halogens is 3. The molecule has 4 rings (SSSR count). The third-order valence-corrected chi connectivity index (χ3v) is 5.28. The van der Waals surface area contributed by atoms with Gasteiger partial charge in [0.05, 0.1) is 17.2 Å². The fourth-order valence-corrected chi connectivity index (χ4v) is 3.63. The molecule has 1 fully saturated rings. The van der Waals surface area contributed by atoms with Crippen molar-refractivity contribution in [1.29, 1.82) is 0 Å². The molecule has 1 saturated carbocycles. The van der Waals surface area contributed by atoms with E-state index in [0.717, 1.165) is 36.2 Å². The van der Waals surface area contributed by atoms with Crippen LogP contribution in [0.2, 0.25) is 0 Å². The highest BCUT2D eigenvalue weighted by atomic mass is 19.4. The number of benzene rings is 1. The number of nitrogens with one attached hydrogen (secondary N) is 2. The summed E-state index contributed by atoms with van der Waals surface area (Å²) in [6.45, 7) is 0. The number of aryl methyl sites for hydroxylation is 1. The Kier molecular flexibility index (Phi) is 3.63. The van der Waals surface area contributed by atoms with Crippen molar-refractivity contribution >= 4 is 5.91 Å². The van der Waals surface area contributed by atoms with Crippen LogP contribution in [-0.2, 0) is 29.2 Å². The third-order valence-electron chi connectivity index (χ3n) is 5.28. The number of aromatic amines is 1. The van der Waals surface area contributed by atoms with E-state index in [0.29, 0.717) is 24.8 Å². The van der Waals surface area contributed by atoms with E-state index in [9.17, 15) is 18.0 Å². The zero-order valence-electron chi connectivity index (χ0n) is 13.5. The molecule has 4 nitrogen and oxygen atoms in total. The second-order valence-corrected chi connectivity index (χ2v) is 6.95. The molecule has 1 aromatic carbocycles. The van der Waals surface area contributed by atoms with Gasteiger partial charge in [-0.1, -0.05) is 18.2 Å². The van der Waals surface area contributed by atoms with Crippen molar-refractivity contribution in [3.8, 4) is 0 Å². The molecule has 25 heavy (non-hydrogen) atoms. The summed E-state index contributed by atoms with van der Waals surface area (Å²) in [4.78, 5) is 12.8. The van der Waals surface area contributed by atoms with Gasteiger partial charge in [0.15, 0.2) is 0 Å². The van der Waals surface area contributed by atoms with E-state index in [1.54, 1.807) is 12.3 Å². The Labute approximate surface area is 142 Å². The summed E-state index contributed by atoms with van der Waals surface area (Å²) in [6, 6.07) is 5.15. The van der Waals surface area contributed by atoms with Crippen LogP contribution in [0, 0.1) is 0 Å². The molecule has 0 radical (unpaired) electrons. The van der Waals surface area contributed by atoms with E-state index in [1.807, 2.05) is 0 Å². The number of carbonyl (C=O) groups is 1. The summed E-state index contributed by atoms with van der Waals surface area (Å²) in [6.07, 6.45) is 0.872. The van der Waals surface area contributed by atoms with Gasteiger partial charge in [-0.25, -0.2) is 0 Å². The van der Waals surface area contributed by atoms with Crippen LogP contribution in [0.25, 0.3) is 0 Å². The lowest BCUT2D eigenvalue weighted by molar-refractivity contribution is -0.137. The maximum absolute atomic E-state index is 13.0. The Balaban J connectivity index is 1.51. The fraction of sp³-hybridized carbons (Fsp3) is 0.444. The van der Waals surface area contributed by atoms with Gasteiger partial charge in [0.25, 0.3) is 0 Å². The van der Waals surface area contributed by atoms with E-state index in [2.05, 4.69) is 15.5 Å². The Bertz CT molecular complexity index is 808. The first-order chi connectivity index (χ1) is 11.9. The van der Waals surface area contributed by atoms with E-state index in [4.69, 9.17) is 0 Å². The van der Waals surface area contributed by atoms with Crippen molar-refractivity contribution in [2.75, 3.05) is 0 Å². The zero-order chi connectivity index (χ0) is 17.7. The molecule has 2 N–H and O–H groups in total. The molecule has 7 heteroatoms. The van der Waals surface area contributed by atoms with E-state index < -0.39 is 17.2 Å². The van der Waals surface area contributed by atoms with Crippen LogP contribution in [0.4, 0.5) is 13.2 Å². The number of amides is 1. The number of nitrogens with zero attached hydrogens (tertiary/aromatic N) is 1. The first kappa shape index (κ1) is 16.2. The maximum Gasteiger partial charge on any atom is 0.416 e. The van der Waals surface area contributed by atoms with Crippen molar-refractivity contribution in [3.63, 3.8) is 0 Å². The molecule has 132 valence electrons. The minimum Gasteiger partial charge on any atom is -0.352 e. The van der Waals surface area contributed by atoms with Crippen LogP contribution in [0.3, 0.4) is 0 Å². The van der Waals surface area contributed by atoms with Crippen LogP contribution >= 0.6 is 0 Å². The SMILES string of the molecule is O=C(N[C@@H]1CCc2[nH]ncc2C1)C1(c2cccc(C(F)(F)F)c2)CC1. The molecule has 0 bridgehead atoms. The van der Waals surface area contributed by atoms with Crippen LogP contribution in [0.1, 0.15) is 41.6 Å². The van der Waals surface area contributed by atoms with Crippen molar-refractivity contribution in [2.24, 2.45) is 0 Å². The number of H-pyrrole nitrogens is 1. The summed E-state index contributed by atoms with van der Waals surface area (Å²) >= 11 is 0. The van der Waals surface area contributed by atoms with Crippen LogP contribution in [0.15, 0.2) is 30.5 Å². The molecule has 0 spiro atoms. The molecule has 1 amide bonds. The molecule has 1 atom stereocenters. The Morgan fingerprint density at radius 2 is 2.12 bits per heavy atom. The Morgan fingerprint density at radius 3 is 2.84 bits per heavy atom. The largest absolute Gasteiger partial charge is 0.416 e. The summed E-state index contributed by atoms with van der Waals surface area (Å²) in [5, 5.41) is 10.0. The summed E-state index contributed by atoms with van der Waals surface area (Å²) in [5.74, 6) is -0.163. The van der Waals surface area contributed by atoms with Gasteiger partial charge in [-0.2, -0.15) is 18.3 Å². The van der Waals surface area contributed by atoms with Crippen molar-refractivity contribution in [2.45, 2.75) is 49.7 Å². The Hall–Kier alpha value is -2.31. The van der Waals surface area contributed by atoms with Gasteiger partial charge in [0, 0.05) is 11.7 Å².